The Bertz CT molecular complexity index is 765. The molecule has 0 unspecified atom stereocenters. The lowest BCUT2D eigenvalue weighted by Crippen LogP contribution is -2.32. The number of thioether (sulfide) groups is 1. The summed E-state index contributed by atoms with van der Waals surface area (Å²) in [7, 11) is 2.25. The van der Waals surface area contributed by atoms with E-state index in [1.807, 2.05) is 18.2 Å². The molecule has 0 spiro atoms. The van der Waals surface area contributed by atoms with Crippen LogP contribution < -0.4 is 5.73 Å². The average Bonchev–Trinajstić information content (AvgIpc) is 2.75. The maximum absolute atomic E-state index is 5.93. The monoisotopic (exact) mass is 394 g/mol. The summed E-state index contributed by atoms with van der Waals surface area (Å²) in [5.74, 6) is 0.800. The lowest BCUT2D eigenvalue weighted by molar-refractivity contribution is 0.184. The first-order valence-electron chi connectivity index (χ1n) is 10.0. The maximum atomic E-state index is 5.93. The first kappa shape index (κ1) is 20.6. The van der Waals surface area contributed by atoms with Gasteiger partial charge in [-0.2, -0.15) is 5.10 Å². The van der Waals surface area contributed by atoms with E-state index in [1.165, 1.54) is 55.0 Å². The van der Waals surface area contributed by atoms with Gasteiger partial charge < -0.3 is 5.73 Å². The topological polar surface area (TPSA) is 54.0 Å². The molecule has 28 heavy (non-hydrogen) atoms. The number of nitrogens with two attached hydrogens (primary N) is 1. The van der Waals surface area contributed by atoms with Gasteiger partial charge in [0.05, 0.1) is 6.21 Å². The van der Waals surface area contributed by atoms with Crippen LogP contribution in [-0.4, -0.2) is 29.4 Å². The minimum Gasteiger partial charge on any atom is -0.377 e. The van der Waals surface area contributed by atoms with E-state index in [-0.39, 0.29) is 0 Å². The van der Waals surface area contributed by atoms with Gasteiger partial charge in [-0.25, -0.2) is 0 Å². The highest BCUT2D eigenvalue weighted by Gasteiger charge is 2.17. The third-order valence-corrected chi connectivity index (χ3v) is 6.06. The third-order valence-electron chi connectivity index (χ3n) is 5.20. The van der Waals surface area contributed by atoms with Crippen LogP contribution in [0.3, 0.4) is 0 Å². The molecule has 0 aromatic heterocycles. The zero-order valence-electron chi connectivity index (χ0n) is 16.6. The summed E-state index contributed by atoms with van der Waals surface area (Å²) >= 11 is 1.50. The Labute approximate surface area is 172 Å². The summed E-state index contributed by atoms with van der Waals surface area (Å²) in [4.78, 5) is 2.50. The largest absolute Gasteiger partial charge is 0.377 e. The average molecular weight is 395 g/mol. The van der Waals surface area contributed by atoms with Crippen molar-refractivity contribution in [2.24, 2.45) is 15.9 Å². The zero-order chi connectivity index (χ0) is 19.6. The lowest BCUT2D eigenvalue weighted by Gasteiger charge is -2.31. The van der Waals surface area contributed by atoms with Crippen molar-refractivity contribution < 1.29 is 0 Å². The Morgan fingerprint density at radius 3 is 2.46 bits per heavy atom. The van der Waals surface area contributed by atoms with Gasteiger partial charge in [0.15, 0.2) is 5.17 Å². The van der Waals surface area contributed by atoms with Gasteiger partial charge in [0.25, 0.3) is 0 Å². The summed E-state index contributed by atoms with van der Waals surface area (Å²) < 4.78 is 0. The SMILES string of the molecule is CN(Cc1ccc(C=NN=C(N)SCc2ccccc2)cc1)C1CCCCC1. The Morgan fingerprint density at radius 1 is 1.04 bits per heavy atom. The number of rotatable bonds is 7. The van der Waals surface area contributed by atoms with Crippen molar-refractivity contribution in [1.82, 2.24) is 4.90 Å². The fourth-order valence-electron chi connectivity index (χ4n) is 3.56. The fourth-order valence-corrected chi connectivity index (χ4v) is 4.17. The molecular formula is C23H30N4S. The molecule has 2 aromatic rings. The predicted octanol–water partition coefficient (Wildman–Crippen LogP) is 5.03. The van der Waals surface area contributed by atoms with Crippen molar-refractivity contribution in [1.29, 1.82) is 0 Å². The molecule has 4 nitrogen and oxygen atoms in total. The van der Waals surface area contributed by atoms with Gasteiger partial charge in [-0.1, -0.05) is 85.6 Å². The molecule has 0 saturated heterocycles. The second kappa shape index (κ2) is 11.0. The van der Waals surface area contributed by atoms with E-state index in [2.05, 4.69) is 58.5 Å². The highest BCUT2D eigenvalue weighted by Crippen LogP contribution is 2.22. The van der Waals surface area contributed by atoms with Gasteiger partial charge in [-0.05, 0) is 36.6 Å². The molecule has 148 valence electrons. The first-order chi connectivity index (χ1) is 13.7. The number of hydrogen-bond acceptors (Lipinski definition) is 4. The van der Waals surface area contributed by atoms with Crippen LogP contribution in [0.2, 0.25) is 0 Å². The molecule has 2 aromatic carbocycles. The van der Waals surface area contributed by atoms with Gasteiger partial charge in [0, 0.05) is 18.3 Å². The van der Waals surface area contributed by atoms with Crippen molar-refractivity contribution in [3.8, 4) is 0 Å². The molecule has 0 radical (unpaired) electrons. The molecule has 5 heteroatoms. The molecular weight excluding hydrogens is 364 g/mol. The maximum Gasteiger partial charge on any atom is 0.180 e. The smallest absolute Gasteiger partial charge is 0.180 e. The number of amidine groups is 1. The molecule has 0 heterocycles. The van der Waals surface area contributed by atoms with E-state index in [9.17, 15) is 0 Å². The molecule has 1 fully saturated rings. The minimum absolute atomic E-state index is 0.478. The van der Waals surface area contributed by atoms with Gasteiger partial charge in [0.2, 0.25) is 0 Å². The lowest BCUT2D eigenvalue weighted by atomic mass is 9.94. The molecule has 2 N–H and O–H groups in total. The van der Waals surface area contributed by atoms with Crippen molar-refractivity contribution in [2.45, 2.75) is 50.4 Å². The summed E-state index contributed by atoms with van der Waals surface area (Å²) in [6.45, 7) is 1.00. The third kappa shape index (κ3) is 6.80. The van der Waals surface area contributed by atoms with E-state index < -0.39 is 0 Å². The molecule has 0 aliphatic heterocycles. The van der Waals surface area contributed by atoms with Gasteiger partial charge in [-0.15, -0.1) is 5.10 Å². The molecule has 0 atom stereocenters. The van der Waals surface area contributed by atoms with Crippen LogP contribution in [0.15, 0.2) is 64.8 Å². The van der Waals surface area contributed by atoms with Gasteiger partial charge in [0.1, 0.15) is 0 Å². The van der Waals surface area contributed by atoms with Crippen molar-refractivity contribution in [3.63, 3.8) is 0 Å². The number of hydrogen-bond donors (Lipinski definition) is 1. The molecule has 3 rings (SSSR count). The Kier molecular flexibility index (Phi) is 8.12. The van der Waals surface area contributed by atoms with Gasteiger partial charge >= 0.3 is 0 Å². The van der Waals surface area contributed by atoms with Crippen LogP contribution in [0.5, 0.6) is 0 Å². The van der Waals surface area contributed by atoms with E-state index in [0.29, 0.717) is 5.17 Å². The van der Waals surface area contributed by atoms with Crippen LogP contribution in [0.4, 0.5) is 0 Å². The second-order valence-electron chi connectivity index (χ2n) is 7.41. The Morgan fingerprint density at radius 2 is 1.75 bits per heavy atom. The molecule has 1 aliphatic rings. The van der Waals surface area contributed by atoms with Crippen molar-refractivity contribution in [3.05, 3.63) is 71.3 Å². The standard InChI is InChI=1S/C23H30N4S/c1-27(22-10-6-3-7-11-22)17-20-14-12-19(13-15-20)16-25-26-23(24)28-18-21-8-4-2-5-9-21/h2,4-5,8-9,12-16,22H,3,6-7,10-11,17-18H2,1H3,(H2,24,26). The Balaban J connectivity index is 1.46. The molecule has 0 amide bonds. The van der Waals surface area contributed by atoms with Crippen LogP contribution in [-0.2, 0) is 12.3 Å². The van der Waals surface area contributed by atoms with Crippen molar-refractivity contribution >= 4 is 23.1 Å². The quantitative estimate of drug-likeness (QED) is 0.407. The molecule has 0 bridgehead atoms. The van der Waals surface area contributed by atoms with Crippen LogP contribution in [0.1, 0.15) is 48.8 Å². The molecule has 1 saturated carbocycles. The van der Waals surface area contributed by atoms with E-state index in [0.717, 1.165) is 23.9 Å². The fraction of sp³-hybridized carbons (Fsp3) is 0.391. The van der Waals surface area contributed by atoms with E-state index >= 15 is 0 Å². The number of nitrogens with zero attached hydrogens (tertiary/aromatic N) is 3. The minimum atomic E-state index is 0.478. The van der Waals surface area contributed by atoms with E-state index in [4.69, 9.17) is 5.73 Å². The number of benzene rings is 2. The first-order valence-corrected chi connectivity index (χ1v) is 11.0. The summed E-state index contributed by atoms with van der Waals surface area (Å²) in [5.41, 5.74) is 9.53. The van der Waals surface area contributed by atoms with Crippen LogP contribution in [0, 0.1) is 0 Å². The zero-order valence-corrected chi connectivity index (χ0v) is 17.4. The van der Waals surface area contributed by atoms with Gasteiger partial charge in [-0.3, -0.25) is 4.90 Å². The van der Waals surface area contributed by atoms with Crippen molar-refractivity contribution in [2.75, 3.05) is 7.05 Å². The predicted molar refractivity (Wildman–Crippen MR) is 122 cm³/mol. The summed E-state index contributed by atoms with van der Waals surface area (Å²) in [5, 5.41) is 8.69. The second-order valence-corrected chi connectivity index (χ2v) is 8.40. The summed E-state index contributed by atoms with van der Waals surface area (Å²) in [6, 6.07) is 19.5. The van der Waals surface area contributed by atoms with Crippen LogP contribution in [0.25, 0.3) is 0 Å². The normalized spacial score (nSPS) is 16.1. The van der Waals surface area contributed by atoms with E-state index in [1.54, 1.807) is 6.21 Å². The Hall–Kier alpha value is -2.11. The highest BCUT2D eigenvalue weighted by atomic mass is 32.2. The molecule has 1 aliphatic carbocycles. The summed E-state index contributed by atoms with van der Waals surface area (Å²) in [6.07, 6.45) is 8.57. The van der Waals surface area contributed by atoms with Crippen LogP contribution >= 0.6 is 11.8 Å². The highest BCUT2D eigenvalue weighted by molar-refractivity contribution is 8.13.